The van der Waals surface area contributed by atoms with Crippen molar-refractivity contribution in [3.8, 4) is 0 Å². The standard InChI is InChI=1S/C14H21N3O5/c1-9(2)7-13(19)22-16-11-5-6-17(14(20)15-11)12-4-3-10(8-18)21-12/h5-6,9-10,12,18H,3-4,7-8H2,1-2H3,(H,15,16,20)/t10-,12+/m0/s1. The normalized spacial score (nSPS) is 21.1. The van der Waals surface area contributed by atoms with Crippen LogP contribution in [-0.2, 0) is 14.4 Å². The smallest absolute Gasteiger partial charge is 0.351 e. The van der Waals surface area contributed by atoms with Gasteiger partial charge in [0.1, 0.15) is 6.23 Å². The third-order valence-corrected chi connectivity index (χ3v) is 3.27. The van der Waals surface area contributed by atoms with E-state index in [-0.39, 0.29) is 30.9 Å². The van der Waals surface area contributed by atoms with Gasteiger partial charge >= 0.3 is 11.7 Å². The van der Waals surface area contributed by atoms with Crippen LogP contribution in [0.3, 0.4) is 0 Å². The number of aliphatic hydroxyl groups is 1. The molecule has 2 heterocycles. The fourth-order valence-corrected chi connectivity index (χ4v) is 2.20. The molecular formula is C14H21N3O5. The van der Waals surface area contributed by atoms with E-state index in [0.717, 1.165) is 0 Å². The Balaban J connectivity index is 1.95. The molecule has 0 aliphatic carbocycles. The molecule has 0 unspecified atom stereocenters. The second kappa shape index (κ2) is 7.37. The lowest BCUT2D eigenvalue weighted by Crippen LogP contribution is -2.28. The number of nitrogens with one attached hydrogen (secondary N) is 1. The third kappa shape index (κ3) is 4.28. The SMILES string of the molecule is CC(C)CC(=O)ONc1ccn([C@H]2CC[C@@H](CO)O2)c(=O)n1. The summed E-state index contributed by atoms with van der Waals surface area (Å²) in [7, 11) is 0. The van der Waals surface area contributed by atoms with Crippen molar-refractivity contribution in [1.82, 2.24) is 9.55 Å². The van der Waals surface area contributed by atoms with Gasteiger partial charge in [-0.2, -0.15) is 4.98 Å². The second-order valence-electron chi connectivity index (χ2n) is 5.65. The maximum Gasteiger partial charge on any atom is 0.351 e. The molecule has 22 heavy (non-hydrogen) atoms. The Kier molecular flexibility index (Phi) is 5.51. The summed E-state index contributed by atoms with van der Waals surface area (Å²) >= 11 is 0. The van der Waals surface area contributed by atoms with Gasteiger partial charge in [0.25, 0.3) is 0 Å². The Labute approximate surface area is 128 Å². The Morgan fingerprint density at radius 2 is 2.36 bits per heavy atom. The minimum atomic E-state index is -0.506. The van der Waals surface area contributed by atoms with Crippen LogP contribution in [0.1, 0.15) is 39.3 Å². The van der Waals surface area contributed by atoms with E-state index >= 15 is 0 Å². The van der Waals surface area contributed by atoms with Crippen LogP contribution >= 0.6 is 0 Å². The minimum absolute atomic E-state index is 0.0654. The van der Waals surface area contributed by atoms with Crippen molar-refractivity contribution in [2.24, 2.45) is 5.92 Å². The number of hydrogen-bond donors (Lipinski definition) is 2. The Morgan fingerprint density at radius 1 is 1.59 bits per heavy atom. The van der Waals surface area contributed by atoms with E-state index in [0.29, 0.717) is 12.8 Å². The predicted molar refractivity (Wildman–Crippen MR) is 77.9 cm³/mol. The van der Waals surface area contributed by atoms with Crippen LogP contribution in [0.2, 0.25) is 0 Å². The van der Waals surface area contributed by atoms with E-state index < -0.39 is 17.9 Å². The van der Waals surface area contributed by atoms with Gasteiger partial charge < -0.3 is 14.7 Å². The molecule has 0 radical (unpaired) electrons. The van der Waals surface area contributed by atoms with Gasteiger partial charge in [-0.3, -0.25) is 4.57 Å². The maximum absolute atomic E-state index is 12.0. The topological polar surface area (TPSA) is 103 Å². The number of rotatable bonds is 6. The van der Waals surface area contributed by atoms with Crippen molar-refractivity contribution < 1.29 is 19.5 Å². The molecule has 1 aliphatic heterocycles. The van der Waals surface area contributed by atoms with Gasteiger partial charge in [0.15, 0.2) is 5.82 Å². The number of carbonyl (C=O) groups excluding carboxylic acids is 1. The molecule has 2 atom stereocenters. The summed E-state index contributed by atoms with van der Waals surface area (Å²) < 4.78 is 6.88. The first kappa shape index (κ1) is 16.4. The number of aliphatic hydroxyl groups excluding tert-OH is 1. The first-order valence-corrected chi connectivity index (χ1v) is 7.30. The molecular weight excluding hydrogens is 290 g/mol. The number of hydrogen-bond acceptors (Lipinski definition) is 7. The van der Waals surface area contributed by atoms with Gasteiger partial charge in [-0.25, -0.2) is 15.1 Å². The number of carbonyl (C=O) groups is 1. The molecule has 0 saturated carbocycles. The highest BCUT2D eigenvalue weighted by molar-refractivity contribution is 5.70. The number of nitrogens with zero attached hydrogens (tertiary/aromatic N) is 2. The molecule has 122 valence electrons. The minimum Gasteiger partial charge on any atom is -0.394 e. The highest BCUT2D eigenvalue weighted by atomic mass is 16.7. The van der Waals surface area contributed by atoms with Crippen molar-refractivity contribution in [3.63, 3.8) is 0 Å². The average molecular weight is 311 g/mol. The van der Waals surface area contributed by atoms with E-state index in [1.54, 1.807) is 0 Å². The van der Waals surface area contributed by atoms with Crippen LogP contribution in [-0.4, -0.2) is 33.3 Å². The van der Waals surface area contributed by atoms with E-state index in [9.17, 15) is 9.59 Å². The van der Waals surface area contributed by atoms with Crippen LogP contribution in [0.15, 0.2) is 17.1 Å². The summed E-state index contributed by atoms with van der Waals surface area (Å²) in [4.78, 5) is 32.0. The first-order chi connectivity index (χ1) is 10.5. The molecule has 1 aromatic rings. The quantitative estimate of drug-likeness (QED) is 0.750. The molecule has 2 rings (SSSR count). The van der Waals surface area contributed by atoms with Crippen molar-refractivity contribution >= 4 is 11.8 Å². The molecule has 0 amide bonds. The average Bonchev–Trinajstić information content (AvgIpc) is 2.93. The number of aromatic nitrogens is 2. The monoisotopic (exact) mass is 311 g/mol. The van der Waals surface area contributed by atoms with Crippen molar-refractivity contribution in [2.75, 3.05) is 12.1 Å². The molecule has 8 nitrogen and oxygen atoms in total. The Hall–Kier alpha value is -1.93. The lowest BCUT2D eigenvalue weighted by molar-refractivity contribution is -0.141. The highest BCUT2D eigenvalue weighted by Gasteiger charge is 2.26. The lowest BCUT2D eigenvalue weighted by atomic mass is 10.1. The van der Waals surface area contributed by atoms with Crippen LogP contribution in [0.5, 0.6) is 0 Å². The third-order valence-electron chi connectivity index (χ3n) is 3.27. The highest BCUT2D eigenvalue weighted by Crippen LogP contribution is 2.26. The van der Waals surface area contributed by atoms with Crippen molar-refractivity contribution in [1.29, 1.82) is 0 Å². The van der Waals surface area contributed by atoms with Crippen LogP contribution in [0, 0.1) is 5.92 Å². The molecule has 1 saturated heterocycles. The number of anilines is 1. The first-order valence-electron chi connectivity index (χ1n) is 7.30. The van der Waals surface area contributed by atoms with Gasteiger partial charge in [0.05, 0.1) is 19.1 Å². The van der Waals surface area contributed by atoms with Gasteiger partial charge in [0.2, 0.25) is 0 Å². The van der Waals surface area contributed by atoms with Crippen LogP contribution in [0.25, 0.3) is 0 Å². The summed E-state index contributed by atoms with van der Waals surface area (Å²) in [6.45, 7) is 3.74. The van der Waals surface area contributed by atoms with Crippen molar-refractivity contribution in [3.05, 3.63) is 22.7 Å². The largest absolute Gasteiger partial charge is 0.394 e. The lowest BCUT2D eigenvalue weighted by Gasteiger charge is -2.15. The number of ether oxygens (including phenoxy) is 1. The molecule has 1 aliphatic rings. The molecule has 0 spiro atoms. The summed E-state index contributed by atoms with van der Waals surface area (Å²) in [6, 6.07) is 1.53. The summed E-state index contributed by atoms with van der Waals surface area (Å²) in [5, 5.41) is 9.04. The Morgan fingerprint density at radius 3 is 2.95 bits per heavy atom. The van der Waals surface area contributed by atoms with Gasteiger partial charge in [-0.05, 0) is 18.8 Å². The summed E-state index contributed by atoms with van der Waals surface area (Å²) in [5.74, 6) is -0.0600. The van der Waals surface area contributed by atoms with E-state index in [1.165, 1.54) is 16.8 Å². The van der Waals surface area contributed by atoms with Gasteiger partial charge in [0, 0.05) is 12.3 Å². The molecule has 1 fully saturated rings. The van der Waals surface area contributed by atoms with E-state index in [2.05, 4.69) is 10.5 Å². The molecule has 1 aromatic heterocycles. The summed E-state index contributed by atoms with van der Waals surface area (Å²) in [6.07, 6.45) is 2.48. The molecule has 8 heteroatoms. The van der Waals surface area contributed by atoms with Crippen LogP contribution < -0.4 is 11.2 Å². The summed E-state index contributed by atoms with van der Waals surface area (Å²) in [5.41, 5.74) is 1.87. The second-order valence-corrected chi connectivity index (χ2v) is 5.65. The fourth-order valence-electron chi connectivity index (χ4n) is 2.20. The van der Waals surface area contributed by atoms with E-state index in [4.69, 9.17) is 14.7 Å². The van der Waals surface area contributed by atoms with Crippen LogP contribution in [0.4, 0.5) is 5.82 Å². The van der Waals surface area contributed by atoms with E-state index in [1.807, 2.05) is 13.8 Å². The van der Waals surface area contributed by atoms with Crippen molar-refractivity contribution in [2.45, 2.75) is 45.4 Å². The predicted octanol–water partition coefficient (Wildman–Crippen LogP) is 0.829. The van der Waals surface area contributed by atoms with Gasteiger partial charge in [-0.1, -0.05) is 13.8 Å². The zero-order valence-electron chi connectivity index (χ0n) is 12.7. The molecule has 0 bridgehead atoms. The molecule has 0 aromatic carbocycles. The fraction of sp³-hybridized carbons (Fsp3) is 0.643. The Bertz CT molecular complexity index is 572. The molecule has 2 N–H and O–H groups in total. The van der Waals surface area contributed by atoms with Gasteiger partial charge in [-0.15, -0.1) is 0 Å². The zero-order chi connectivity index (χ0) is 16.1. The zero-order valence-corrected chi connectivity index (χ0v) is 12.7. The maximum atomic E-state index is 12.0.